The summed E-state index contributed by atoms with van der Waals surface area (Å²) < 4.78 is 0. The summed E-state index contributed by atoms with van der Waals surface area (Å²) in [6.45, 7) is 9.80. The Morgan fingerprint density at radius 2 is 2.05 bits per heavy atom. The number of fused-ring (bicyclic) bond motifs is 1. The first-order valence-electron chi connectivity index (χ1n) is 7.34. The van der Waals surface area contributed by atoms with Crippen LogP contribution >= 0.6 is 0 Å². The van der Waals surface area contributed by atoms with E-state index < -0.39 is 0 Å². The van der Waals surface area contributed by atoms with Gasteiger partial charge < -0.3 is 10.6 Å². The molecular weight excluding hydrogens is 250 g/mol. The van der Waals surface area contributed by atoms with Gasteiger partial charge in [-0.3, -0.25) is 4.90 Å². The fraction of sp³-hybridized carbons (Fsp3) is 0.562. The van der Waals surface area contributed by atoms with Crippen LogP contribution < -0.4 is 15.5 Å². The van der Waals surface area contributed by atoms with Gasteiger partial charge in [0.1, 0.15) is 0 Å². The van der Waals surface area contributed by atoms with Gasteiger partial charge in [0.2, 0.25) is 0 Å². The molecule has 2 rings (SSSR count). The van der Waals surface area contributed by atoms with E-state index in [-0.39, 0.29) is 11.6 Å². The molecule has 1 aliphatic rings. The molecule has 0 bridgehead atoms. The van der Waals surface area contributed by atoms with E-state index in [4.69, 9.17) is 0 Å². The Hall–Kier alpha value is -1.55. The number of nitrogens with zero attached hydrogens (tertiary/aromatic N) is 1. The van der Waals surface area contributed by atoms with Crippen molar-refractivity contribution >= 4 is 11.7 Å². The summed E-state index contributed by atoms with van der Waals surface area (Å²) in [5.74, 6) is 0. The van der Waals surface area contributed by atoms with Crippen LogP contribution in [0, 0.1) is 0 Å². The number of carbonyl (C=O) groups excluding carboxylic acids is 1. The molecule has 1 heterocycles. The van der Waals surface area contributed by atoms with E-state index in [0.29, 0.717) is 6.04 Å². The maximum Gasteiger partial charge on any atom is 0.322 e. The number of benzene rings is 1. The first-order chi connectivity index (χ1) is 9.42. The molecule has 1 unspecified atom stereocenters. The molecule has 1 atom stereocenters. The van der Waals surface area contributed by atoms with Crippen molar-refractivity contribution in [3.63, 3.8) is 0 Å². The maximum absolute atomic E-state index is 12.4. The van der Waals surface area contributed by atoms with Crippen LogP contribution in [0.2, 0.25) is 0 Å². The van der Waals surface area contributed by atoms with Gasteiger partial charge in [-0.2, -0.15) is 0 Å². The number of rotatable bonds is 2. The molecule has 0 radical (unpaired) electrons. The van der Waals surface area contributed by atoms with E-state index in [1.165, 1.54) is 5.56 Å². The number of carbonyl (C=O) groups is 1. The van der Waals surface area contributed by atoms with Gasteiger partial charge in [0.25, 0.3) is 0 Å². The molecule has 20 heavy (non-hydrogen) atoms. The Bertz CT molecular complexity index is 479. The third kappa shape index (κ3) is 3.31. The summed E-state index contributed by atoms with van der Waals surface area (Å²) in [5.41, 5.74) is 2.01. The van der Waals surface area contributed by atoms with Crippen molar-refractivity contribution in [2.75, 3.05) is 18.0 Å². The highest BCUT2D eigenvalue weighted by molar-refractivity contribution is 5.93. The van der Waals surface area contributed by atoms with Crippen LogP contribution in [0.4, 0.5) is 10.5 Å². The fourth-order valence-electron chi connectivity index (χ4n) is 2.62. The van der Waals surface area contributed by atoms with E-state index >= 15 is 0 Å². The van der Waals surface area contributed by atoms with Crippen LogP contribution in [-0.4, -0.2) is 24.7 Å². The minimum Gasteiger partial charge on any atom is -0.333 e. The van der Waals surface area contributed by atoms with E-state index in [1.54, 1.807) is 0 Å². The van der Waals surface area contributed by atoms with Crippen LogP contribution in [0.15, 0.2) is 24.3 Å². The average molecular weight is 275 g/mol. The summed E-state index contributed by atoms with van der Waals surface area (Å²) in [7, 11) is 0. The van der Waals surface area contributed by atoms with Crippen molar-refractivity contribution < 1.29 is 4.79 Å². The van der Waals surface area contributed by atoms with E-state index in [9.17, 15) is 4.79 Å². The van der Waals surface area contributed by atoms with Crippen molar-refractivity contribution in [3.8, 4) is 0 Å². The fourth-order valence-corrected chi connectivity index (χ4v) is 2.62. The van der Waals surface area contributed by atoms with Crippen molar-refractivity contribution in [1.29, 1.82) is 0 Å². The topological polar surface area (TPSA) is 44.4 Å². The zero-order valence-electron chi connectivity index (χ0n) is 12.9. The van der Waals surface area contributed by atoms with Gasteiger partial charge in [0.15, 0.2) is 0 Å². The third-order valence-corrected chi connectivity index (χ3v) is 3.42. The predicted octanol–water partition coefficient (Wildman–Crippen LogP) is 3.06. The van der Waals surface area contributed by atoms with E-state index in [1.807, 2.05) is 43.9 Å². The summed E-state index contributed by atoms with van der Waals surface area (Å²) in [6.07, 6.45) is 0.947. The van der Waals surface area contributed by atoms with Crippen LogP contribution in [0.25, 0.3) is 0 Å². The average Bonchev–Trinajstić information content (AvgIpc) is 2.37. The molecule has 1 aliphatic heterocycles. The lowest BCUT2D eigenvalue weighted by Crippen LogP contribution is -2.51. The summed E-state index contributed by atoms with van der Waals surface area (Å²) >= 11 is 0. The number of nitrogens with one attached hydrogen (secondary N) is 2. The molecule has 1 aromatic rings. The van der Waals surface area contributed by atoms with Gasteiger partial charge in [-0.25, -0.2) is 4.79 Å². The molecule has 4 heteroatoms. The van der Waals surface area contributed by atoms with E-state index in [2.05, 4.69) is 23.6 Å². The van der Waals surface area contributed by atoms with Gasteiger partial charge in [-0.1, -0.05) is 25.1 Å². The molecule has 0 saturated heterocycles. The summed E-state index contributed by atoms with van der Waals surface area (Å²) in [5, 5.41) is 6.53. The van der Waals surface area contributed by atoms with Crippen LogP contribution in [0.1, 0.15) is 45.7 Å². The van der Waals surface area contributed by atoms with Gasteiger partial charge in [0, 0.05) is 18.1 Å². The summed E-state index contributed by atoms with van der Waals surface area (Å²) in [4.78, 5) is 14.3. The number of hydrogen-bond donors (Lipinski definition) is 2. The van der Waals surface area contributed by atoms with Gasteiger partial charge in [-0.05, 0) is 45.4 Å². The third-order valence-electron chi connectivity index (χ3n) is 3.42. The first kappa shape index (κ1) is 14.9. The molecule has 0 aromatic heterocycles. The largest absolute Gasteiger partial charge is 0.333 e. The second-order valence-corrected chi connectivity index (χ2v) is 6.29. The minimum absolute atomic E-state index is 0.0140. The zero-order chi connectivity index (χ0) is 14.8. The Morgan fingerprint density at radius 3 is 2.70 bits per heavy atom. The Labute approximate surface area is 121 Å². The van der Waals surface area contributed by atoms with Crippen molar-refractivity contribution in [3.05, 3.63) is 29.8 Å². The molecule has 110 valence electrons. The molecule has 2 N–H and O–H groups in total. The van der Waals surface area contributed by atoms with Gasteiger partial charge in [-0.15, -0.1) is 0 Å². The normalized spacial score (nSPS) is 18.6. The highest BCUT2D eigenvalue weighted by Gasteiger charge is 2.29. The minimum atomic E-state index is -0.218. The van der Waals surface area contributed by atoms with Crippen molar-refractivity contribution in [2.24, 2.45) is 0 Å². The highest BCUT2D eigenvalue weighted by Crippen LogP contribution is 2.33. The Morgan fingerprint density at radius 1 is 1.35 bits per heavy atom. The van der Waals surface area contributed by atoms with Crippen LogP contribution in [-0.2, 0) is 0 Å². The Kier molecular flexibility index (Phi) is 4.33. The van der Waals surface area contributed by atoms with Crippen LogP contribution in [0.3, 0.4) is 0 Å². The second-order valence-electron chi connectivity index (χ2n) is 6.29. The molecule has 1 aromatic carbocycles. The smallest absolute Gasteiger partial charge is 0.322 e. The number of amides is 2. The molecule has 0 fully saturated rings. The van der Waals surface area contributed by atoms with Gasteiger partial charge in [0.05, 0.1) is 5.69 Å². The SMILES string of the molecule is CCNC1CCN(C(=O)NC(C)(C)C)c2ccccc21. The Balaban J connectivity index is 2.25. The number of para-hydroxylation sites is 1. The lowest BCUT2D eigenvalue weighted by molar-refractivity contribution is 0.236. The standard InChI is InChI=1S/C16H25N3O/c1-5-17-13-10-11-19(15(20)18-16(2,3)4)14-9-7-6-8-12(13)14/h6-9,13,17H,5,10-11H2,1-4H3,(H,18,20). The first-order valence-corrected chi connectivity index (χ1v) is 7.34. The molecule has 0 spiro atoms. The molecule has 2 amide bonds. The molecule has 0 saturated carbocycles. The van der Waals surface area contributed by atoms with Gasteiger partial charge >= 0.3 is 6.03 Å². The van der Waals surface area contributed by atoms with Crippen molar-refractivity contribution in [1.82, 2.24) is 10.6 Å². The molecule has 0 aliphatic carbocycles. The quantitative estimate of drug-likeness (QED) is 0.871. The molecule has 4 nitrogen and oxygen atoms in total. The number of anilines is 1. The van der Waals surface area contributed by atoms with Crippen molar-refractivity contribution in [2.45, 2.75) is 45.7 Å². The summed E-state index contributed by atoms with van der Waals surface area (Å²) in [6, 6.07) is 8.49. The maximum atomic E-state index is 12.4. The highest BCUT2D eigenvalue weighted by atomic mass is 16.2. The second kappa shape index (κ2) is 5.83. The monoisotopic (exact) mass is 275 g/mol. The number of urea groups is 1. The molecular formula is C16H25N3O. The van der Waals surface area contributed by atoms with Crippen LogP contribution in [0.5, 0.6) is 0 Å². The lowest BCUT2D eigenvalue weighted by atomic mass is 9.96. The zero-order valence-corrected chi connectivity index (χ0v) is 12.9. The lowest BCUT2D eigenvalue weighted by Gasteiger charge is -2.36. The number of hydrogen-bond acceptors (Lipinski definition) is 2. The van der Waals surface area contributed by atoms with E-state index in [0.717, 1.165) is 25.2 Å². The predicted molar refractivity (Wildman–Crippen MR) is 83.1 cm³/mol.